The molecule has 0 bridgehead atoms. The fourth-order valence-electron chi connectivity index (χ4n) is 2.73. The van der Waals surface area contributed by atoms with Crippen LogP contribution in [0.5, 0.6) is 0 Å². The lowest BCUT2D eigenvalue weighted by Crippen LogP contribution is -2.47. The van der Waals surface area contributed by atoms with E-state index in [1.807, 2.05) is 0 Å². The van der Waals surface area contributed by atoms with Crippen LogP contribution < -0.4 is 5.73 Å². The molecule has 0 spiro atoms. The van der Waals surface area contributed by atoms with E-state index < -0.39 is 0 Å². The van der Waals surface area contributed by atoms with E-state index in [1.165, 1.54) is 32.2 Å². The molecule has 2 nitrogen and oxygen atoms in total. The molecule has 0 aromatic heterocycles. The first kappa shape index (κ1) is 9.47. The van der Waals surface area contributed by atoms with E-state index in [4.69, 9.17) is 5.73 Å². The van der Waals surface area contributed by atoms with Crippen molar-refractivity contribution in [2.75, 3.05) is 13.1 Å². The summed E-state index contributed by atoms with van der Waals surface area (Å²) in [5.74, 6) is 0.961. The van der Waals surface area contributed by atoms with Gasteiger partial charge in [0.2, 0.25) is 0 Å². The zero-order chi connectivity index (χ0) is 9.47. The molecular formula is C11H22N2. The van der Waals surface area contributed by atoms with Crippen molar-refractivity contribution >= 4 is 0 Å². The molecule has 2 aliphatic rings. The van der Waals surface area contributed by atoms with Crippen molar-refractivity contribution in [3.8, 4) is 0 Å². The van der Waals surface area contributed by atoms with Crippen LogP contribution in [0.4, 0.5) is 0 Å². The van der Waals surface area contributed by atoms with Gasteiger partial charge in [0.1, 0.15) is 0 Å². The Kier molecular flexibility index (Phi) is 2.37. The number of likely N-dealkylation sites (tertiary alicyclic amines) is 1. The second-order valence-corrected chi connectivity index (χ2v) is 4.98. The monoisotopic (exact) mass is 182 g/mol. The number of nitrogens with two attached hydrogens (primary N) is 1. The predicted octanol–water partition coefficient (Wildman–Crippen LogP) is 1.60. The van der Waals surface area contributed by atoms with E-state index in [0.29, 0.717) is 11.6 Å². The highest BCUT2D eigenvalue weighted by molar-refractivity contribution is 5.01. The molecule has 1 aliphatic heterocycles. The summed E-state index contributed by atoms with van der Waals surface area (Å²) in [5.41, 5.74) is 6.42. The Labute approximate surface area is 81.5 Å². The van der Waals surface area contributed by atoms with Gasteiger partial charge in [-0.05, 0) is 38.5 Å². The van der Waals surface area contributed by atoms with E-state index in [9.17, 15) is 0 Å². The molecule has 2 heteroatoms. The molecule has 2 fully saturated rings. The van der Waals surface area contributed by atoms with Crippen LogP contribution in [0, 0.1) is 5.92 Å². The van der Waals surface area contributed by atoms with E-state index in [1.54, 1.807) is 0 Å². The van der Waals surface area contributed by atoms with Gasteiger partial charge in [-0.3, -0.25) is 4.90 Å². The quantitative estimate of drug-likeness (QED) is 0.718. The molecule has 0 radical (unpaired) electrons. The first-order valence-corrected chi connectivity index (χ1v) is 5.67. The van der Waals surface area contributed by atoms with Crippen LogP contribution in [0.15, 0.2) is 0 Å². The molecule has 2 rings (SSSR count). The normalized spacial score (nSPS) is 34.8. The van der Waals surface area contributed by atoms with Gasteiger partial charge in [0, 0.05) is 24.7 Å². The van der Waals surface area contributed by atoms with Crippen LogP contribution >= 0.6 is 0 Å². The summed E-state index contributed by atoms with van der Waals surface area (Å²) >= 11 is 0. The fraction of sp³-hybridized carbons (Fsp3) is 1.00. The first-order chi connectivity index (χ1) is 6.16. The minimum Gasteiger partial charge on any atom is -0.326 e. The topological polar surface area (TPSA) is 29.3 Å². The Morgan fingerprint density at radius 3 is 2.46 bits per heavy atom. The minimum atomic E-state index is 0.435. The molecule has 2 atom stereocenters. The molecule has 2 N–H and O–H groups in total. The van der Waals surface area contributed by atoms with E-state index in [0.717, 1.165) is 12.5 Å². The zero-order valence-corrected chi connectivity index (χ0v) is 8.92. The first-order valence-electron chi connectivity index (χ1n) is 5.67. The summed E-state index contributed by atoms with van der Waals surface area (Å²) in [5, 5.41) is 0. The summed E-state index contributed by atoms with van der Waals surface area (Å²) in [4.78, 5) is 2.63. The third-order valence-electron chi connectivity index (χ3n) is 4.12. The molecule has 0 amide bonds. The van der Waals surface area contributed by atoms with Crippen LogP contribution in [0.1, 0.15) is 39.5 Å². The molecule has 1 saturated carbocycles. The Morgan fingerprint density at radius 1 is 1.38 bits per heavy atom. The summed E-state index contributed by atoms with van der Waals surface area (Å²) in [6.45, 7) is 7.10. The van der Waals surface area contributed by atoms with Gasteiger partial charge in [0.05, 0.1) is 0 Å². The van der Waals surface area contributed by atoms with E-state index >= 15 is 0 Å². The SMILES string of the molecule is CCC(C)(C1CC1)N1CCC(N)C1. The summed E-state index contributed by atoms with van der Waals surface area (Å²) in [7, 11) is 0. The van der Waals surface area contributed by atoms with Crippen LogP contribution in [-0.2, 0) is 0 Å². The lowest BCUT2D eigenvalue weighted by Gasteiger charge is -2.38. The standard InChI is InChI=1S/C11H22N2/c1-3-11(2,9-4-5-9)13-7-6-10(12)8-13/h9-10H,3-8,12H2,1-2H3. The highest BCUT2D eigenvalue weighted by Crippen LogP contribution is 2.45. The lowest BCUT2D eigenvalue weighted by atomic mass is 9.91. The van der Waals surface area contributed by atoms with Gasteiger partial charge < -0.3 is 5.73 Å². The van der Waals surface area contributed by atoms with Crippen molar-refractivity contribution in [1.82, 2.24) is 4.90 Å². The van der Waals surface area contributed by atoms with Crippen molar-refractivity contribution < 1.29 is 0 Å². The summed E-state index contributed by atoms with van der Waals surface area (Å²) < 4.78 is 0. The van der Waals surface area contributed by atoms with Gasteiger partial charge in [-0.1, -0.05) is 6.92 Å². The van der Waals surface area contributed by atoms with Crippen LogP contribution in [0.3, 0.4) is 0 Å². The van der Waals surface area contributed by atoms with E-state index in [-0.39, 0.29) is 0 Å². The molecule has 13 heavy (non-hydrogen) atoms. The second kappa shape index (κ2) is 3.25. The molecule has 1 saturated heterocycles. The summed E-state index contributed by atoms with van der Waals surface area (Å²) in [6.07, 6.45) is 5.36. The highest BCUT2D eigenvalue weighted by Gasteiger charge is 2.45. The minimum absolute atomic E-state index is 0.435. The molecule has 76 valence electrons. The fourth-order valence-corrected chi connectivity index (χ4v) is 2.73. The third kappa shape index (κ3) is 1.62. The van der Waals surface area contributed by atoms with Crippen molar-refractivity contribution in [3.63, 3.8) is 0 Å². The highest BCUT2D eigenvalue weighted by atomic mass is 15.2. The van der Waals surface area contributed by atoms with Gasteiger partial charge >= 0.3 is 0 Å². The maximum atomic E-state index is 5.96. The van der Waals surface area contributed by atoms with Crippen molar-refractivity contribution in [2.24, 2.45) is 11.7 Å². The molecule has 0 aromatic carbocycles. The maximum Gasteiger partial charge on any atom is 0.0207 e. The molecular weight excluding hydrogens is 160 g/mol. The van der Waals surface area contributed by atoms with Gasteiger partial charge in [-0.15, -0.1) is 0 Å². The molecule has 0 aromatic rings. The Balaban J connectivity index is 2.03. The average molecular weight is 182 g/mol. The summed E-state index contributed by atoms with van der Waals surface area (Å²) in [6, 6.07) is 0.435. The van der Waals surface area contributed by atoms with Crippen LogP contribution in [-0.4, -0.2) is 29.6 Å². The van der Waals surface area contributed by atoms with Crippen molar-refractivity contribution in [1.29, 1.82) is 0 Å². The number of nitrogens with zero attached hydrogens (tertiary/aromatic N) is 1. The molecule has 2 unspecified atom stereocenters. The Bertz CT molecular complexity index is 189. The van der Waals surface area contributed by atoms with Gasteiger partial charge in [0.15, 0.2) is 0 Å². The lowest BCUT2D eigenvalue weighted by molar-refractivity contribution is 0.104. The smallest absolute Gasteiger partial charge is 0.0207 e. The van der Waals surface area contributed by atoms with Crippen LogP contribution in [0.2, 0.25) is 0 Å². The zero-order valence-electron chi connectivity index (χ0n) is 8.92. The van der Waals surface area contributed by atoms with Gasteiger partial charge in [0.25, 0.3) is 0 Å². The number of rotatable bonds is 3. The molecule has 1 aliphatic carbocycles. The van der Waals surface area contributed by atoms with Crippen molar-refractivity contribution in [2.45, 2.75) is 51.1 Å². The maximum absolute atomic E-state index is 5.96. The second-order valence-electron chi connectivity index (χ2n) is 4.98. The largest absolute Gasteiger partial charge is 0.326 e. The van der Waals surface area contributed by atoms with Gasteiger partial charge in [-0.2, -0.15) is 0 Å². The Morgan fingerprint density at radius 2 is 2.08 bits per heavy atom. The molecule has 1 heterocycles. The van der Waals surface area contributed by atoms with E-state index in [2.05, 4.69) is 18.7 Å². The third-order valence-corrected chi connectivity index (χ3v) is 4.12. The number of hydrogen-bond acceptors (Lipinski definition) is 2. The number of hydrogen-bond donors (Lipinski definition) is 1. The Hall–Kier alpha value is -0.0800. The predicted molar refractivity (Wildman–Crippen MR) is 55.6 cm³/mol. The van der Waals surface area contributed by atoms with Crippen LogP contribution in [0.25, 0.3) is 0 Å². The van der Waals surface area contributed by atoms with Crippen molar-refractivity contribution in [3.05, 3.63) is 0 Å². The average Bonchev–Trinajstić information content (AvgIpc) is 2.89. The van der Waals surface area contributed by atoms with Gasteiger partial charge in [-0.25, -0.2) is 0 Å².